The number of carbonyl (C=O) groups excluding carboxylic acids is 2. The molecule has 0 aromatic heterocycles. The number of ether oxygens (including phenoxy) is 2. The molecule has 0 saturated carbocycles. The second kappa shape index (κ2) is 8.89. The van der Waals surface area contributed by atoms with E-state index in [1.807, 2.05) is 45.9 Å². The summed E-state index contributed by atoms with van der Waals surface area (Å²) in [7, 11) is 0. The third-order valence-corrected chi connectivity index (χ3v) is 3.56. The fraction of sp³-hybridized carbons (Fsp3) is 0.300. The Morgan fingerprint density at radius 3 is 2.15 bits per heavy atom. The Kier molecular flexibility index (Phi) is 6.60. The van der Waals surface area contributed by atoms with Gasteiger partial charge in [0.25, 0.3) is 11.8 Å². The first-order chi connectivity index (χ1) is 12.4. The van der Waals surface area contributed by atoms with Gasteiger partial charge in [-0.3, -0.25) is 20.4 Å². The van der Waals surface area contributed by atoms with Gasteiger partial charge in [0.05, 0.1) is 6.10 Å². The SMILES string of the molecule is Cc1cccc(C)c1OCC(=O)NNC(=O)c1ccc(OC(C)C)cc1. The lowest BCUT2D eigenvalue weighted by Gasteiger charge is -2.13. The van der Waals surface area contributed by atoms with Crippen LogP contribution in [-0.2, 0) is 4.79 Å². The highest BCUT2D eigenvalue weighted by Crippen LogP contribution is 2.22. The Labute approximate surface area is 153 Å². The van der Waals surface area contributed by atoms with Gasteiger partial charge in [-0.15, -0.1) is 0 Å². The Morgan fingerprint density at radius 1 is 0.962 bits per heavy atom. The Bertz CT molecular complexity index is 750. The van der Waals surface area contributed by atoms with E-state index in [2.05, 4.69) is 10.9 Å². The molecule has 0 bridgehead atoms. The molecule has 2 aromatic rings. The zero-order valence-electron chi connectivity index (χ0n) is 15.5. The number of hydrogen-bond donors (Lipinski definition) is 2. The van der Waals surface area contributed by atoms with Crippen LogP contribution in [0.5, 0.6) is 11.5 Å². The quantitative estimate of drug-likeness (QED) is 0.780. The van der Waals surface area contributed by atoms with E-state index in [9.17, 15) is 9.59 Å². The van der Waals surface area contributed by atoms with Gasteiger partial charge in [-0.1, -0.05) is 18.2 Å². The van der Waals surface area contributed by atoms with Crippen molar-refractivity contribution in [1.82, 2.24) is 10.9 Å². The molecule has 0 spiro atoms. The van der Waals surface area contributed by atoms with Gasteiger partial charge < -0.3 is 9.47 Å². The number of hydrogen-bond acceptors (Lipinski definition) is 4. The van der Waals surface area contributed by atoms with Crippen molar-refractivity contribution in [3.05, 3.63) is 59.2 Å². The molecule has 138 valence electrons. The standard InChI is InChI=1S/C20H24N2O4/c1-13(2)26-17-10-8-16(9-11-17)20(24)22-21-18(23)12-25-19-14(3)6-5-7-15(19)4/h5-11,13H,12H2,1-4H3,(H,21,23)(H,22,24). The lowest BCUT2D eigenvalue weighted by molar-refractivity contribution is -0.123. The third kappa shape index (κ3) is 5.51. The maximum atomic E-state index is 12.1. The average Bonchev–Trinajstić information content (AvgIpc) is 2.59. The van der Waals surface area contributed by atoms with Crippen molar-refractivity contribution in [2.75, 3.05) is 6.61 Å². The number of amides is 2. The second-order valence-corrected chi connectivity index (χ2v) is 6.20. The summed E-state index contributed by atoms with van der Waals surface area (Å²) in [5.74, 6) is 0.500. The molecule has 0 unspecified atom stereocenters. The summed E-state index contributed by atoms with van der Waals surface area (Å²) in [6, 6.07) is 12.4. The highest BCUT2D eigenvalue weighted by molar-refractivity contribution is 5.95. The predicted octanol–water partition coefficient (Wildman–Crippen LogP) is 2.93. The van der Waals surface area contributed by atoms with E-state index in [1.165, 1.54) is 0 Å². The van der Waals surface area contributed by atoms with Gasteiger partial charge in [-0.25, -0.2) is 0 Å². The maximum absolute atomic E-state index is 12.1. The second-order valence-electron chi connectivity index (χ2n) is 6.20. The van der Waals surface area contributed by atoms with Crippen molar-refractivity contribution in [2.45, 2.75) is 33.8 Å². The summed E-state index contributed by atoms with van der Waals surface area (Å²) in [5.41, 5.74) is 7.02. The van der Waals surface area contributed by atoms with Crippen molar-refractivity contribution in [1.29, 1.82) is 0 Å². The van der Waals surface area contributed by atoms with Crippen LogP contribution in [0.1, 0.15) is 35.3 Å². The summed E-state index contributed by atoms with van der Waals surface area (Å²) in [6.45, 7) is 7.49. The number of nitrogens with one attached hydrogen (secondary N) is 2. The molecule has 6 heteroatoms. The molecule has 0 fully saturated rings. The topological polar surface area (TPSA) is 76.7 Å². The van der Waals surface area contributed by atoms with Crippen LogP contribution in [-0.4, -0.2) is 24.5 Å². The van der Waals surface area contributed by atoms with Crippen molar-refractivity contribution in [3.63, 3.8) is 0 Å². The van der Waals surface area contributed by atoms with E-state index in [4.69, 9.17) is 9.47 Å². The van der Waals surface area contributed by atoms with E-state index in [1.54, 1.807) is 24.3 Å². The largest absolute Gasteiger partial charge is 0.491 e. The van der Waals surface area contributed by atoms with E-state index < -0.39 is 11.8 Å². The Balaban J connectivity index is 1.82. The molecular formula is C20H24N2O4. The van der Waals surface area contributed by atoms with Crippen molar-refractivity contribution in [2.24, 2.45) is 0 Å². The van der Waals surface area contributed by atoms with Gasteiger partial charge in [-0.2, -0.15) is 0 Å². The van der Waals surface area contributed by atoms with Gasteiger partial charge in [-0.05, 0) is 63.1 Å². The number of carbonyl (C=O) groups is 2. The summed E-state index contributed by atoms with van der Waals surface area (Å²) < 4.78 is 11.1. The van der Waals surface area contributed by atoms with Crippen LogP contribution >= 0.6 is 0 Å². The van der Waals surface area contributed by atoms with Gasteiger partial charge >= 0.3 is 0 Å². The number of rotatable bonds is 6. The molecule has 2 rings (SSSR count). The first kappa shape index (κ1) is 19.3. The third-order valence-electron chi connectivity index (χ3n) is 3.56. The summed E-state index contributed by atoms with van der Waals surface area (Å²) in [6.07, 6.45) is 0.0610. The normalized spacial score (nSPS) is 10.3. The molecule has 2 aromatic carbocycles. The molecule has 0 aliphatic carbocycles. The molecule has 26 heavy (non-hydrogen) atoms. The van der Waals surface area contributed by atoms with Crippen LogP contribution in [0.4, 0.5) is 0 Å². The van der Waals surface area contributed by atoms with Crippen molar-refractivity contribution in [3.8, 4) is 11.5 Å². The van der Waals surface area contributed by atoms with Crippen molar-refractivity contribution < 1.29 is 19.1 Å². The Hall–Kier alpha value is -3.02. The molecule has 0 heterocycles. The molecule has 0 aliphatic rings. The van der Waals surface area contributed by atoms with E-state index in [0.29, 0.717) is 17.1 Å². The fourth-order valence-electron chi connectivity index (χ4n) is 2.36. The van der Waals surface area contributed by atoms with Crippen LogP contribution in [0, 0.1) is 13.8 Å². The number of para-hydroxylation sites is 1. The number of hydrazine groups is 1. The van der Waals surface area contributed by atoms with Crippen LogP contribution in [0.25, 0.3) is 0 Å². The molecule has 2 N–H and O–H groups in total. The van der Waals surface area contributed by atoms with Crippen LogP contribution in [0.2, 0.25) is 0 Å². The zero-order valence-corrected chi connectivity index (χ0v) is 15.5. The van der Waals surface area contributed by atoms with E-state index in [0.717, 1.165) is 11.1 Å². The van der Waals surface area contributed by atoms with Gasteiger partial charge in [0.1, 0.15) is 11.5 Å². The highest BCUT2D eigenvalue weighted by Gasteiger charge is 2.10. The molecule has 0 atom stereocenters. The fourth-order valence-corrected chi connectivity index (χ4v) is 2.36. The first-order valence-electron chi connectivity index (χ1n) is 8.41. The van der Waals surface area contributed by atoms with Gasteiger partial charge in [0.2, 0.25) is 0 Å². The first-order valence-corrected chi connectivity index (χ1v) is 8.41. The number of benzene rings is 2. The van der Waals surface area contributed by atoms with Crippen molar-refractivity contribution >= 4 is 11.8 Å². The minimum absolute atomic E-state index is 0.0610. The van der Waals surface area contributed by atoms with Crippen LogP contribution < -0.4 is 20.3 Å². The van der Waals surface area contributed by atoms with E-state index in [-0.39, 0.29) is 12.7 Å². The Morgan fingerprint density at radius 2 is 1.58 bits per heavy atom. The highest BCUT2D eigenvalue weighted by atomic mass is 16.5. The summed E-state index contributed by atoms with van der Waals surface area (Å²) in [4.78, 5) is 23.9. The smallest absolute Gasteiger partial charge is 0.276 e. The minimum Gasteiger partial charge on any atom is -0.491 e. The maximum Gasteiger partial charge on any atom is 0.276 e. The average molecular weight is 356 g/mol. The molecule has 6 nitrogen and oxygen atoms in total. The van der Waals surface area contributed by atoms with Crippen LogP contribution in [0.3, 0.4) is 0 Å². The molecule has 0 radical (unpaired) electrons. The molecule has 2 amide bonds. The molecule has 0 saturated heterocycles. The molecular weight excluding hydrogens is 332 g/mol. The summed E-state index contributed by atoms with van der Waals surface area (Å²) >= 11 is 0. The monoisotopic (exact) mass is 356 g/mol. The minimum atomic E-state index is -0.444. The van der Waals surface area contributed by atoms with Gasteiger partial charge in [0.15, 0.2) is 6.61 Å². The lowest BCUT2D eigenvalue weighted by Crippen LogP contribution is -2.43. The van der Waals surface area contributed by atoms with Gasteiger partial charge in [0, 0.05) is 5.56 Å². The molecule has 0 aliphatic heterocycles. The predicted molar refractivity (Wildman–Crippen MR) is 99.2 cm³/mol. The van der Waals surface area contributed by atoms with Crippen LogP contribution in [0.15, 0.2) is 42.5 Å². The number of aryl methyl sites for hydroxylation is 2. The summed E-state index contributed by atoms with van der Waals surface area (Å²) in [5, 5.41) is 0. The zero-order chi connectivity index (χ0) is 19.1. The lowest BCUT2D eigenvalue weighted by atomic mass is 10.1. The van der Waals surface area contributed by atoms with E-state index >= 15 is 0 Å².